The maximum Gasteiger partial charge on any atom is 0.106 e. The van der Waals surface area contributed by atoms with Crippen molar-refractivity contribution in [3.8, 4) is 0 Å². The smallest absolute Gasteiger partial charge is 0.106 e. The average molecular weight is 236 g/mol. The quantitative estimate of drug-likeness (QED) is 0.783. The minimum atomic E-state index is -1.01. The lowest BCUT2D eigenvalue weighted by molar-refractivity contribution is 0.0170. The van der Waals surface area contributed by atoms with Gasteiger partial charge in [-0.05, 0) is 12.5 Å². The maximum absolute atomic E-state index is 9.68. The summed E-state index contributed by atoms with van der Waals surface area (Å²) in [6.45, 7) is 0. The molecule has 0 spiro atoms. The summed E-state index contributed by atoms with van der Waals surface area (Å²) in [6.07, 6.45) is 1.35. The second-order valence-corrected chi connectivity index (χ2v) is 3.67. The van der Waals surface area contributed by atoms with Gasteiger partial charge in [0.15, 0.2) is 0 Å². The first-order valence-corrected chi connectivity index (χ1v) is 5.09. The molecule has 0 aliphatic heterocycles. The van der Waals surface area contributed by atoms with Gasteiger partial charge >= 0.3 is 0 Å². The highest BCUT2D eigenvalue weighted by atomic mass is 35.5. The Labute approximate surface area is 92.3 Å². The lowest BCUT2D eigenvalue weighted by atomic mass is 10.0. The highest BCUT2D eigenvalue weighted by Gasteiger charge is 2.19. The molecule has 5 heteroatoms. The van der Waals surface area contributed by atoms with E-state index in [0.29, 0.717) is 22.9 Å². The summed E-state index contributed by atoms with van der Waals surface area (Å²) in [4.78, 5) is 3.78. The van der Waals surface area contributed by atoms with Crippen LogP contribution in [0.25, 0.3) is 0 Å². The number of nitrogens with zero attached hydrogens (tertiary/aromatic N) is 1. The van der Waals surface area contributed by atoms with Gasteiger partial charge in [-0.1, -0.05) is 11.6 Å². The largest absolute Gasteiger partial charge is 0.390 e. The number of pyridine rings is 1. The highest BCUT2D eigenvalue weighted by Crippen LogP contribution is 2.25. The molecule has 2 unspecified atom stereocenters. The van der Waals surface area contributed by atoms with E-state index in [1.165, 1.54) is 12.4 Å². The molecule has 0 aliphatic rings. The number of alkyl halides is 1. The summed E-state index contributed by atoms with van der Waals surface area (Å²) in [7, 11) is 0. The lowest BCUT2D eigenvalue weighted by Crippen LogP contribution is -2.19. The molecule has 0 bridgehead atoms. The van der Waals surface area contributed by atoms with E-state index in [1.807, 2.05) is 0 Å². The average Bonchev–Trinajstić information content (AvgIpc) is 2.18. The molecule has 0 aliphatic carbocycles. The van der Waals surface area contributed by atoms with Gasteiger partial charge in [-0.15, -0.1) is 11.6 Å². The van der Waals surface area contributed by atoms with Crippen molar-refractivity contribution in [3.05, 3.63) is 29.0 Å². The van der Waals surface area contributed by atoms with Crippen molar-refractivity contribution in [2.45, 2.75) is 18.6 Å². The van der Waals surface area contributed by atoms with Crippen LogP contribution >= 0.6 is 23.2 Å². The molecule has 1 aromatic rings. The maximum atomic E-state index is 9.68. The molecule has 0 saturated heterocycles. The van der Waals surface area contributed by atoms with Gasteiger partial charge < -0.3 is 10.2 Å². The van der Waals surface area contributed by atoms with Crippen LogP contribution in [0, 0.1) is 0 Å². The van der Waals surface area contributed by atoms with Crippen LogP contribution in [0.15, 0.2) is 18.5 Å². The summed E-state index contributed by atoms with van der Waals surface area (Å²) in [5.41, 5.74) is 0.472. The highest BCUT2D eigenvalue weighted by molar-refractivity contribution is 6.31. The molecule has 1 aromatic heterocycles. The third kappa shape index (κ3) is 2.82. The Bertz CT molecular complexity index is 296. The van der Waals surface area contributed by atoms with Crippen molar-refractivity contribution < 1.29 is 10.2 Å². The third-order valence-corrected chi connectivity index (χ3v) is 2.43. The zero-order chi connectivity index (χ0) is 10.6. The summed E-state index contributed by atoms with van der Waals surface area (Å²) >= 11 is 11.2. The van der Waals surface area contributed by atoms with Gasteiger partial charge in [0.1, 0.15) is 6.10 Å². The SMILES string of the molecule is OC(CCCl)C(O)c1ccncc1Cl. The number of halogens is 2. The molecular weight excluding hydrogens is 225 g/mol. The van der Waals surface area contributed by atoms with Crippen LogP contribution in [0.5, 0.6) is 0 Å². The van der Waals surface area contributed by atoms with Gasteiger partial charge in [0.25, 0.3) is 0 Å². The number of hydrogen-bond acceptors (Lipinski definition) is 3. The predicted octanol–water partition coefficient (Wildman–Crippen LogP) is 1.76. The molecule has 1 heterocycles. The van der Waals surface area contributed by atoms with Crippen LogP contribution < -0.4 is 0 Å². The fourth-order valence-corrected chi connectivity index (χ4v) is 1.56. The van der Waals surface area contributed by atoms with Crippen molar-refractivity contribution in [3.63, 3.8) is 0 Å². The second-order valence-electron chi connectivity index (χ2n) is 2.89. The van der Waals surface area contributed by atoms with Crippen molar-refractivity contribution in [1.82, 2.24) is 4.98 Å². The number of aliphatic hydroxyl groups is 2. The van der Waals surface area contributed by atoms with E-state index in [1.54, 1.807) is 6.07 Å². The molecule has 78 valence electrons. The first-order chi connectivity index (χ1) is 6.66. The summed E-state index contributed by atoms with van der Waals surface area (Å²) in [6, 6.07) is 1.57. The van der Waals surface area contributed by atoms with Gasteiger partial charge in [0.05, 0.1) is 11.1 Å². The molecule has 0 aromatic carbocycles. The molecule has 0 saturated carbocycles. The van der Waals surface area contributed by atoms with E-state index in [9.17, 15) is 10.2 Å². The van der Waals surface area contributed by atoms with E-state index in [-0.39, 0.29) is 0 Å². The molecule has 14 heavy (non-hydrogen) atoms. The molecule has 1 rings (SSSR count). The first kappa shape index (κ1) is 11.7. The molecule has 2 N–H and O–H groups in total. The van der Waals surface area contributed by atoms with Crippen LogP contribution in [-0.2, 0) is 0 Å². The predicted molar refractivity (Wildman–Crippen MR) is 55.6 cm³/mol. The number of aliphatic hydroxyl groups excluding tert-OH is 2. The summed E-state index contributed by atoms with van der Waals surface area (Å²) in [5.74, 6) is 0.293. The monoisotopic (exact) mass is 235 g/mol. The second kappa shape index (κ2) is 5.51. The van der Waals surface area contributed by atoms with Crippen molar-refractivity contribution >= 4 is 23.2 Å². The van der Waals surface area contributed by atoms with E-state index in [0.717, 1.165) is 0 Å². The van der Waals surface area contributed by atoms with Crippen LogP contribution in [0.1, 0.15) is 18.1 Å². The van der Waals surface area contributed by atoms with E-state index in [4.69, 9.17) is 23.2 Å². The van der Waals surface area contributed by atoms with Gasteiger partial charge in [-0.2, -0.15) is 0 Å². The molecule has 0 radical (unpaired) electrons. The fourth-order valence-electron chi connectivity index (χ4n) is 1.10. The Kier molecular flexibility index (Phi) is 4.62. The van der Waals surface area contributed by atoms with Crippen LogP contribution in [0.3, 0.4) is 0 Å². The van der Waals surface area contributed by atoms with Crippen LogP contribution in [0.2, 0.25) is 5.02 Å². The van der Waals surface area contributed by atoms with Gasteiger partial charge in [0, 0.05) is 23.8 Å². The standard InChI is InChI=1S/C9H11Cl2NO2/c10-3-1-8(13)9(14)6-2-4-12-5-7(6)11/h2,4-5,8-9,13-14H,1,3H2. The zero-order valence-corrected chi connectivity index (χ0v) is 8.91. The Morgan fingerprint density at radius 1 is 1.43 bits per heavy atom. The van der Waals surface area contributed by atoms with Gasteiger partial charge in [-0.3, -0.25) is 4.98 Å². The van der Waals surface area contributed by atoms with E-state index >= 15 is 0 Å². The van der Waals surface area contributed by atoms with Crippen molar-refractivity contribution in [1.29, 1.82) is 0 Å². The number of hydrogen-bond donors (Lipinski definition) is 2. The topological polar surface area (TPSA) is 53.4 Å². The lowest BCUT2D eigenvalue weighted by Gasteiger charge is -2.17. The summed E-state index contributed by atoms with van der Waals surface area (Å²) in [5, 5.41) is 19.5. The van der Waals surface area contributed by atoms with Crippen LogP contribution in [0.4, 0.5) is 0 Å². The minimum Gasteiger partial charge on any atom is -0.390 e. The van der Waals surface area contributed by atoms with Crippen molar-refractivity contribution in [2.75, 3.05) is 5.88 Å². The zero-order valence-electron chi connectivity index (χ0n) is 7.40. The third-order valence-electron chi connectivity index (χ3n) is 1.89. The fraction of sp³-hybridized carbons (Fsp3) is 0.444. The molecule has 0 fully saturated rings. The van der Waals surface area contributed by atoms with E-state index in [2.05, 4.69) is 4.98 Å². The van der Waals surface area contributed by atoms with Gasteiger partial charge in [0.2, 0.25) is 0 Å². The Morgan fingerprint density at radius 2 is 2.14 bits per heavy atom. The number of aromatic nitrogens is 1. The molecule has 0 amide bonds. The minimum absolute atomic E-state index is 0.293. The first-order valence-electron chi connectivity index (χ1n) is 4.18. The van der Waals surface area contributed by atoms with Crippen molar-refractivity contribution in [2.24, 2.45) is 0 Å². The Morgan fingerprint density at radius 3 is 2.71 bits per heavy atom. The molecule has 2 atom stereocenters. The Hall–Kier alpha value is -0.350. The Balaban J connectivity index is 2.78. The molecular formula is C9H11Cl2NO2. The van der Waals surface area contributed by atoms with Gasteiger partial charge in [-0.25, -0.2) is 0 Å². The normalized spacial score (nSPS) is 15.1. The number of rotatable bonds is 4. The molecule has 3 nitrogen and oxygen atoms in total. The van der Waals surface area contributed by atoms with Crippen LogP contribution in [-0.4, -0.2) is 27.2 Å². The van der Waals surface area contributed by atoms with E-state index < -0.39 is 12.2 Å². The summed E-state index contributed by atoms with van der Waals surface area (Å²) < 4.78 is 0.